The molecule has 0 aromatic heterocycles. The molecule has 0 aromatic rings. The normalized spacial score (nSPS) is 49.6. The monoisotopic (exact) mass is 158 g/mol. The summed E-state index contributed by atoms with van der Waals surface area (Å²) >= 11 is 0. The van der Waals surface area contributed by atoms with Crippen molar-refractivity contribution in [2.45, 2.75) is 37.6 Å². The molecule has 1 saturated heterocycles. The van der Waals surface area contributed by atoms with Crippen LogP contribution in [0.15, 0.2) is 0 Å². The van der Waals surface area contributed by atoms with Gasteiger partial charge in [-0.15, -0.1) is 0 Å². The van der Waals surface area contributed by atoms with Crippen LogP contribution in [-0.2, 0) is 4.74 Å². The Kier molecular flexibility index (Phi) is 1.87. The minimum absolute atomic E-state index is 0.00264. The number of hydrogen-bond donors (Lipinski definition) is 2. The van der Waals surface area contributed by atoms with Gasteiger partial charge in [0, 0.05) is 0 Å². The Morgan fingerprint density at radius 2 is 2.18 bits per heavy atom. The summed E-state index contributed by atoms with van der Waals surface area (Å²) in [7, 11) is 0. The summed E-state index contributed by atoms with van der Waals surface area (Å²) in [5.41, 5.74) is 0. The maximum absolute atomic E-state index is 9.40. The van der Waals surface area contributed by atoms with Crippen LogP contribution < -0.4 is 0 Å². The van der Waals surface area contributed by atoms with Crippen LogP contribution >= 0.6 is 0 Å². The molecule has 1 aliphatic carbocycles. The van der Waals surface area contributed by atoms with Crippen molar-refractivity contribution in [1.29, 1.82) is 0 Å². The lowest BCUT2D eigenvalue weighted by Gasteiger charge is -2.21. The number of aliphatic hydroxyl groups is 2. The minimum Gasteiger partial charge on any atom is -0.394 e. The fourth-order valence-electron chi connectivity index (χ4n) is 2.16. The number of hydrogen-bond acceptors (Lipinski definition) is 3. The number of rotatable bonds is 1. The zero-order valence-electron chi connectivity index (χ0n) is 6.44. The maximum Gasteiger partial charge on any atom is 0.0842 e. The lowest BCUT2D eigenvalue weighted by atomic mass is 9.86. The fraction of sp³-hybridized carbons (Fsp3) is 1.00. The second-order valence-corrected chi connectivity index (χ2v) is 3.54. The predicted octanol–water partition coefficient (Wildman–Crippen LogP) is -0.0929. The minimum atomic E-state index is -0.289. The number of fused-ring (bicyclic) bond motifs is 2. The van der Waals surface area contributed by atoms with Crippen molar-refractivity contribution >= 4 is 0 Å². The Labute approximate surface area is 66.0 Å². The lowest BCUT2D eigenvalue weighted by Crippen LogP contribution is -2.28. The van der Waals surface area contributed by atoms with E-state index in [1.165, 1.54) is 0 Å². The molecule has 3 nitrogen and oxygen atoms in total. The first-order valence-electron chi connectivity index (χ1n) is 4.25. The van der Waals surface area contributed by atoms with Crippen LogP contribution in [0.2, 0.25) is 0 Å². The van der Waals surface area contributed by atoms with E-state index in [-0.39, 0.29) is 24.9 Å². The second kappa shape index (κ2) is 2.73. The summed E-state index contributed by atoms with van der Waals surface area (Å²) in [6.07, 6.45) is 2.49. The van der Waals surface area contributed by atoms with Gasteiger partial charge in [-0.25, -0.2) is 0 Å². The molecule has 11 heavy (non-hydrogen) atoms. The topological polar surface area (TPSA) is 49.7 Å². The first-order valence-corrected chi connectivity index (χ1v) is 4.25. The molecular formula is C8H14O3. The third kappa shape index (κ3) is 1.17. The Morgan fingerprint density at radius 1 is 1.36 bits per heavy atom. The Morgan fingerprint density at radius 3 is 2.82 bits per heavy atom. The van der Waals surface area contributed by atoms with Gasteiger partial charge in [0.05, 0.1) is 24.9 Å². The molecule has 64 valence electrons. The highest BCUT2D eigenvalue weighted by atomic mass is 16.5. The van der Waals surface area contributed by atoms with E-state index in [0.717, 1.165) is 19.3 Å². The molecule has 0 spiro atoms. The van der Waals surface area contributed by atoms with E-state index in [9.17, 15) is 5.11 Å². The van der Waals surface area contributed by atoms with Gasteiger partial charge in [-0.2, -0.15) is 0 Å². The number of aliphatic hydroxyl groups excluding tert-OH is 2. The van der Waals surface area contributed by atoms with Crippen molar-refractivity contribution in [2.75, 3.05) is 6.61 Å². The highest BCUT2D eigenvalue weighted by Gasteiger charge is 2.41. The summed E-state index contributed by atoms with van der Waals surface area (Å²) < 4.78 is 5.45. The third-order valence-electron chi connectivity index (χ3n) is 2.85. The summed E-state index contributed by atoms with van der Waals surface area (Å²) in [5.74, 6) is 0.494. The van der Waals surface area contributed by atoms with Crippen LogP contribution in [0.4, 0.5) is 0 Å². The highest BCUT2D eigenvalue weighted by Crippen LogP contribution is 2.37. The zero-order chi connectivity index (χ0) is 7.84. The van der Waals surface area contributed by atoms with E-state index in [4.69, 9.17) is 9.84 Å². The predicted molar refractivity (Wildman–Crippen MR) is 39.1 cm³/mol. The average molecular weight is 158 g/mol. The maximum atomic E-state index is 9.40. The summed E-state index contributed by atoms with van der Waals surface area (Å²) in [4.78, 5) is 0. The summed E-state index contributed by atoms with van der Waals surface area (Å²) in [6, 6.07) is 0. The zero-order valence-corrected chi connectivity index (χ0v) is 6.44. The van der Waals surface area contributed by atoms with Gasteiger partial charge in [0.15, 0.2) is 0 Å². The number of ether oxygens (including phenoxy) is 1. The molecule has 1 heterocycles. The molecule has 4 atom stereocenters. The van der Waals surface area contributed by atoms with Crippen LogP contribution in [-0.4, -0.2) is 35.1 Å². The van der Waals surface area contributed by atoms with E-state index < -0.39 is 0 Å². The van der Waals surface area contributed by atoms with Gasteiger partial charge in [-0.3, -0.25) is 0 Å². The van der Waals surface area contributed by atoms with Gasteiger partial charge >= 0.3 is 0 Å². The highest BCUT2D eigenvalue weighted by molar-refractivity contribution is 4.90. The lowest BCUT2D eigenvalue weighted by molar-refractivity contribution is -0.0437. The largest absolute Gasteiger partial charge is 0.394 e. The van der Waals surface area contributed by atoms with Crippen LogP contribution in [0.1, 0.15) is 19.3 Å². The molecular weight excluding hydrogens is 144 g/mol. The van der Waals surface area contributed by atoms with Gasteiger partial charge in [0.1, 0.15) is 0 Å². The van der Waals surface area contributed by atoms with E-state index in [2.05, 4.69) is 0 Å². The SMILES string of the molecule is OCC1OC2CC1CCC2O. The van der Waals surface area contributed by atoms with Gasteiger partial charge in [-0.05, 0) is 25.2 Å². The Bertz CT molecular complexity index is 148. The fourth-order valence-corrected chi connectivity index (χ4v) is 2.16. The Hall–Kier alpha value is -0.120. The van der Waals surface area contributed by atoms with Crippen molar-refractivity contribution < 1.29 is 14.9 Å². The van der Waals surface area contributed by atoms with E-state index in [1.807, 2.05) is 0 Å². The van der Waals surface area contributed by atoms with Crippen molar-refractivity contribution in [3.8, 4) is 0 Å². The van der Waals surface area contributed by atoms with Gasteiger partial charge in [0.25, 0.3) is 0 Å². The molecule has 0 amide bonds. The average Bonchev–Trinajstić information content (AvgIpc) is 2.37. The molecule has 2 N–H and O–H groups in total. The van der Waals surface area contributed by atoms with E-state index >= 15 is 0 Å². The van der Waals surface area contributed by atoms with Crippen molar-refractivity contribution in [2.24, 2.45) is 5.92 Å². The quantitative estimate of drug-likeness (QED) is 0.560. The van der Waals surface area contributed by atoms with Crippen molar-refractivity contribution in [3.63, 3.8) is 0 Å². The Balaban J connectivity index is 2.03. The van der Waals surface area contributed by atoms with Gasteiger partial charge in [-0.1, -0.05) is 0 Å². The molecule has 2 bridgehead atoms. The van der Waals surface area contributed by atoms with Crippen LogP contribution in [0.3, 0.4) is 0 Å². The van der Waals surface area contributed by atoms with Crippen LogP contribution in [0, 0.1) is 5.92 Å². The third-order valence-corrected chi connectivity index (χ3v) is 2.85. The molecule has 0 radical (unpaired) electrons. The van der Waals surface area contributed by atoms with Crippen LogP contribution in [0.5, 0.6) is 0 Å². The first kappa shape index (κ1) is 7.53. The van der Waals surface area contributed by atoms with Crippen molar-refractivity contribution in [1.82, 2.24) is 0 Å². The molecule has 0 aromatic carbocycles. The van der Waals surface area contributed by atoms with Crippen molar-refractivity contribution in [3.05, 3.63) is 0 Å². The summed E-state index contributed by atoms with van der Waals surface area (Å²) in [5, 5.41) is 18.3. The molecule has 1 saturated carbocycles. The molecule has 2 aliphatic rings. The molecule has 3 heteroatoms. The van der Waals surface area contributed by atoms with Crippen LogP contribution in [0.25, 0.3) is 0 Å². The van der Waals surface area contributed by atoms with E-state index in [0.29, 0.717) is 5.92 Å². The van der Waals surface area contributed by atoms with Gasteiger partial charge < -0.3 is 14.9 Å². The second-order valence-electron chi connectivity index (χ2n) is 3.54. The molecule has 2 fully saturated rings. The molecule has 4 unspecified atom stereocenters. The summed E-state index contributed by atoms with van der Waals surface area (Å²) in [6.45, 7) is 0.105. The standard InChI is InChI=1S/C8H14O3/c9-4-8-5-1-2-6(10)7(3-5)11-8/h5-10H,1-4H2. The molecule has 1 aliphatic heterocycles. The molecule has 2 rings (SSSR count). The smallest absolute Gasteiger partial charge is 0.0842 e. The van der Waals surface area contributed by atoms with E-state index in [1.54, 1.807) is 0 Å². The van der Waals surface area contributed by atoms with Gasteiger partial charge in [0.2, 0.25) is 0 Å². The first-order chi connectivity index (χ1) is 5.31.